The molecule has 4 nitrogen and oxygen atoms in total. The first-order valence-corrected chi connectivity index (χ1v) is 17.6. The zero-order valence-corrected chi connectivity index (χ0v) is 28.6. The summed E-state index contributed by atoms with van der Waals surface area (Å²) >= 11 is 7.49. The van der Waals surface area contributed by atoms with Crippen LogP contribution >= 0.6 is 31.9 Å². The monoisotopic (exact) mass is 716 g/mol. The van der Waals surface area contributed by atoms with Crippen LogP contribution in [-0.4, -0.2) is 36.0 Å². The molecule has 6 rings (SSSR count). The van der Waals surface area contributed by atoms with Crippen LogP contribution in [0.5, 0.6) is 11.5 Å². The van der Waals surface area contributed by atoms with E-state index >= 15 is 0 Å². The fourth-order valence-electron chi connectivity index (χ4n) is 6.27. The van der Waals surface area contributed by atoms with Gasteiger partial charge in [0.1, 0.15) is 24.7 Å². The third-order valence-electron chi connectivity index (χ3n) is 8.68. The van der Waals surface area contributed by atoms with Crippen LogP contribution in [0, 0.1) is 0 Å². The van der Waals surface area contributed by atoms with Crippen LogP contribution in [0.15, 0.2) is 93.9 Å². The van der Waals surface area contributed by atoms with Gasteiger partial charge in [-0.15, -0.1) is 0 Å². The number of nitrogens with zero attached hydrogens (tertiary/aromatic N) is 2. The highest BCUT2D eigenvalue weighted by Gasteiger charge is 2.13. The first-order valence-electron chi connectivity index (χ1n) is 16.0. The van der Waals surface area contributed by atoms with Gasteiger partial charge in [-0.3, -0.25) is 9.80 Å². The van der Waals surface area contributed by atoms with Gasteiger partial charge in [-0.2, -0.15) is 0 Å². The fraction of sp³-hybridized carbons (Fsp3) is 0.368. The highest BCUT2D eigenvalue weighted by atomic mass is 79.9. The van der Waals surface area contributed by atoms with E-state index < -0.39 is 0 Å². The Morgan fingerprint density at radius 2 is 0.909 bits per heavy atom. The fourth-order valence-corrected chi connectivity index (χ4v) is 7.36. The first-order chi connectivity index (χ1) is 21.6. The number of halogens is 2. The van der Waals surface area contributed by atoms with Gasteiger partial charge in [0.05, 0.1) is 8.95 Å². The van der Waals surface area contributed by atoms with Crippen molar-refractivity contribution in [2.45, 2.75) is 64.8 Å². The molecule has 0 saturated carbocycles. The van der Waals surface area contributed by atoms with Gasteiger partial charge in [0, 0.05) is 13.1 Å². The minimum atomic E-state index is 0.516. The van der Waals surface area contributed by atoms with Gasteiger partial charge in [-0.25, -0.2) is 0 Å². The molecule has 0 atom stereocenters. The van der Waals surface area contributed by atoms with Crippen molar-refractivity contribution >= 4 is 31.9 Å². The summed E-state index contributed by atoms with van der Waals surface area (Å²) in [6.07, 6.45) is 7.96. The maximum atomic E-state index is 6.24. The van der Waals surface area contributed by atoms with Crippen molar-refractivity contribution in [3.05, 3.63) is 116 Å². The van der Waals surface area contributed by atoms with Gasteiger partial charge >= 0.3 is 0 Å². The molecule has 0 radical (unpaired) electrons. The lowest BCUT2D eigenvalue weighted by Gasteiger charge is -2.26. The van der Waals surface area contributed by atoms with Crippen LogP contribution in [0.4, 0.5) is 0 Å². The number of rotatable bonds is 11. The number of hydrogen-bond donors (Lipinski definition) is 0. The van der Waals surface area contributed by atoms with Crippen LogP contribution in [0.25, 0.3) is 11.1 Å². The molecule has 0 N–H and O–H groups in total. The van der Waals surface area contributed by atoms with E-state index in [2.05, 4.69) is 127 Å². The Hall–Kier alpha value is -2.64. The van der Waals surface area contributed by atoms with Crippen LogP contribution in [0.1, 0.15) is 60.8 Å². The number of ether oxygens (including phenoxy) is 2. The van der Waals surface area contributed by atoms with Crippen molar-refractivity contribution in [1.29, 1.82) is 0 Å². The second kappa shape index (κ2) is 15.6. The minimum absolute atomic E-state index is 0.516. The Morgan fingerprint density at radius 3 is 1.32 bits per heavy atom. The maximum absolute atomic E-state index is 6.24. The van der Waals surface area contributed by atoms with Gasteiger partial charge < -0.3 is 9.47 Å². The van der Waals surface area contributed by atoms with Crippen LogP contribution in [0.2, 0.25) is 0 Å². The topological polar surface area (TPSA) is 24.9 Å². The van der Waals surface area contributed by atoms with E-state index in [1.807, 2.05) is 0 Å². The minimum Gasteiger partial charge on any atom is -0.488 e. The Morgan fingerprint density at radius 1 is 0.477 bits per heavy atom. The molecule has 0 spiro atoms. The third kappa shape index (κ3) is 8.75. The summed E-state index contributed by atoms with van der Waals surface area (Å²) in [5, 5.41) is 0. The summed E-state index contributed by atoms with van der Waals surface area (Å²) < 4.78 is 14.5. The zero-order chi connectivity index (χ0) is 30.1. The number of likely N-dealkylation sites (tertiary alicyclic amines) is 2. The number of piperidine rings is 2. The third-order valence-corrected chi connectivity index (χ3v) is 9.92. The summed E-state index contributed by atoms with van der Waals surface area (Å²) in [6.45, 7) is 7.85. The van der Waals surface area contributed by atoms with Crippen molar-refractivity contribution in [2.75, 3.05) is 26.2 Å². The Bertz CT molecular complexity index is 1410. The van der Waals surface area contributed by atoms with Crippen LogP contribution in [-0.2, 0) is 26.3 Å². The molecule has 0 bridgehead atoms. The molecule has 2 aliphatic rings. The van der Waals surface area contributed by atoms with Crippen molar-refractivity contribution < 1.29 is 9.47 Å². The van der Waals surface area contributed by atoms with Crippen molar-refractivity contribution in [2.24, 2.45) is 0 Å². The highest BCUT2D eigenvalue weighted by molar-refractivity contribution is 9.10. The molecule has 0 aromatic heterocycles. The first kappa shape index (κ1) is 31.3. The average molecular weight is 719 g/mol. The Balaban J connectivity index is 1.04. The van der Waals surface area contributed by atoms with Gasteiger partial charge in [-0.1, -0.05) is 61.4 Å². The maximum Gasteiger partial charge on any atom is 0.134 e. The second-order valence-electron chi connectivity index (χ2n) is 12.2. The van der Waals surface area contributed by atoms with E-state index in [0.717, 1.165) is 44.7 Å². The molecule has 0 amide bonds. The Kier molecular flexibility index (Phi) is 11.1. The zero-order valence-electron chi connectivity index (χ0n) is 25.4. The lowest BCUT2D eigenvalue weighted by Crippen LogP contribution is -2.29. The molecule has 6 heteroatoms. The predicted molar refractivity (Wildman–Crippen MR) is 187 cm³/mol. The van der Waals surface area contributed by atoms with Crippen molar-refractivity contribution in [1.82, 2.24) is 9.80 Å². The normalized spacial score (nSPS) is 16.1. The lowest BCUT2D eigenvalue weighted by atomic mass is 10.0. The summed E-state index contributed by atoms with van der Waals surface area (Å²) in [5.41, 5.74) is 7.28. The molecule has 0 unspecified atom stereocenters. The molecular formula is C38H42Br2N2O2. The van der Waals surface area contributed by atoms with Crippen LogP contribution in [0.3, 0.4) is 0 Å². The standard InChI is InChI=1S/C38H42Br2N2O2/c39-35-23-29(25-41-17-3-1-4-18-41)13-15-37(35)43-27-31-9-7-11-33(21-31)34-12-8-10-32(22-34)28-44-38-16-14-30(24-36(38)40)26-42-19-5-2-6-20-42/h7-16,21-24H,1-6,17-20,25-28H2. The highest BCUT2D eigenvalue weighted by Crippen LogP contribution is 2.30. The Labute approximate surface area is 279 Å². The van der Waals surface area contributed by atoms with E-state index in [1.165, 1.54) is 87.0 Å². The summed E-state index contributed by atoms with van der Waals surface area (Å²) in [7, 11) is 0. The van der Waals surface area contributed by atoms with Gasteiger partial charge in [0.15, 0.2) is 0 Å². The summed E-state index contributed by atoms with van der Waals surface area (Å²) in [4.78, 5) is 5.09. The van der Waals surface area contributed by atoms with Crippen LogP contribution < -0.4 is 9.47 Å². The molecule has 2 heterocycles. The molecule has 4 aromatic carbocycles. The van der Waals surface area contributed by atoms with E-state index in [1.54, 1.807) is 0 Å². The van der Waals surface area contributed by atoms with E-state index in [0.29, 0.717) is 13.2 Å². The predicted octanol–water partition coefficient (Wildman–Crippen LogP) is 10.0. The number of hydrogen-bond acceptors (Lipinski definition) is 4. The SMILES string of the molecule is Brc1cc(CN2CCCCC2)ccc1OCc1cccc(-c2cccc(COc3ccc(CN4CCCCC4)cc3Br)c2)c1. The van der Waals surface area contributed by atoms with E-state index in [-0.39, 0.29) is 0 Å². The molecule has 2 saturated heterocycles. The second-order valence-corrected chi connectivity index (χ2v) is 13.9. The summed E-state index contributed by atoms with van der Waals surface area (Å²) in [6, 6.07) is 30.2. The molecule has 2 aliphatic heterocycles. The lowest BCUT2D eigenvalue weighted by molar-refractivity contribution is 0.220. The van der Waals surface area contributed by atoms with E-state index in [9.17, 15) is 0 Å². The smallest absolute Gasteiger partial charge is 0.134 e. The quantitative estimate of drug-likeness (QED) is 0.154. The van der Waals surface area contributed by atoms with E-state index in [4.69, 9.17) is 9.47 Å². The molecule has 230 valence electrons. The molecular weight excluding hydrogens is 676 g/mol. The van der Waals surface area contributed by atoms with Gasteiger partial charge in [0.25, 0.3) is 0 Å². The molecule has 4 aromatic rings. The van der Waals surface area contributed by atoms with Gasteiger partial charge in [-0.05, 0) is 154 Å². The van der Waals surface area contributed by atoms with Crippen molar-refractivity contribution in [3.8, 4) is 22.6 Å². The molecule has 0 aliphatic carbocycles. The van der Waals surface area contributed by atoms with Crippen molar-refractivity contribution in [3.63, 3.8) is 0 Å². The molecule has 44 heavy (non-hydrogen) atoms. The average Bonchev–Trinajstić information content (AvgIpc) is 3.05. The largest absolute Gasteiger partial charge is 0.488 e. The van der Waals surface area contributed by atoms with Gasteiger partial charge in [0.2, 0.25) is 0 Å². The summed E-state index contributed by atoms with van der Waals surface area (Å²) in [5.74, 6) is 1.75. The molecule has 2 fully saturated rings. The number of benzene rings is 4.